The van der Waals surface area contributed by atoms with Gasteiger partial charge in [0, 0.05) is 9.52 Å². The third-order valence-corrected chi connectivity index (χ3v) is 3.48. The Bertz CT molecular complexity index is 635. The van der Waals surface area contributed by atoms with Gasteiger partial charge in [-0.15, -0.1) is 12.0 Å². The Hall–Kier alpha value is -0.980. The van der Waals surface area contributed by atoms with Gasteiger partial charge in [0.25, 0.3) is 0 Å². The molecule has 117 valence electrons. The Labute approximate surface area is 165 Å². The van der Waals surface area contributed by atoms with Crippen LogP contribution in [0.3, 0.4) is 0 Å². The van der Waals surface area contributed by atoms with E-state index in [1.54, 1.807) is 0 Å². The van der Waals surface area contributed by atoms with E-state index >= 15 is 0 Å². The van der Waals surface area contributed by atoms with Crippen molar-refractivity contribution in [2.75, 3.05) is 0 Å². The minimum absolute atomic E-state index is 0. The first kappa shape index (κ1) is 20.1. The van der Waals surface area contributed by atoms with Gasteiger partial charge in [0.1, 0.15) is 0 Å². The minimum Gasteiger partial charge on any atom is -1.00 e. The van der Waals surface area contributed by atoms with Gasteiger partial charge in [-0.2, -0.15) is 35.9 Å². The smallest absolute Gasteiger partial charge is 1.00 e. The van der Waals surface area contributed by atoms with Gasteiger partial charge in [-0.1, -0.05) is 55.4 Å². The van der Waals surface area contributed by atoms with Crippen molar-refractivity contribution in [3.8, 4) is 11.1 Å². The van der Waals surface area contributed by atoms with Crippen LogP contribution in [0.2, 0.25) is 13.1 Å². The molecule has 0 atom stereocenters. The third-order valence-electron chi connectivity index (χ3n) is 3.48. The predicted octanol–water partition coefficient (Wildman–Crippen LogP) is 5.50. The zero-order valence-corrected chi connectivity index (χ0v) is 17.8. The maximum absolute atomic E-state index is 3.30. The van der Waals surface area contributed by atoms with Gasteiger partial charge in [-0.25, -0.2) is 11.6 Å². The molecule has 0 saturated carbocycles. The van der Waals surface area contributed by atoms with Gasteiger partial charge in [0.15, 0.2) is 0 Å². The molecule has 0 unspecified atom stereocenters. The summed E-state index contributed by atoms with van der Waals surface area (Å²) in [6, 6.07) is 18.1. The fourth-order valence-corrected chi connectivity index (χ4v) is 2.51. The van der Waals surface area contributed by atoms with E-state index in [-0.39, 0.29) is 29.1 Å². The maximum atomic E-state index is 3.30. The molecule has 0 nitrogen and oxygen atoms in total. The van der Waals surface area contributed by atoms with Crippen LogP contribution in [0, 0.1) is 12.1 Å². The molecule has 0 aliphatic heterocycles. The van der Waals surface area contributed by atoms with Crippen LogP contribution >= 0.6 is 0 Å². The number of hydrogen-bond donors (Lipinski definition) is 0. The molecular weight excluding hydrogens is 372 g/mol. The van der Waals surface area contributed by atoms with Gasteiger partial charge >= 0.3 is 26.2 Å². The number of allylic oxidation sites excluding steroid dienone is 4. The molecule has 2 aromatic carbocycles. The molecule has 0 N–H and O–H groups in total. The molecule has 0 saturated heterocycles. The summed E-state index contributed by atoms with van der Waals surface area (Å²) in [6.07, 6.45) is 9.38. The maximum Gasteiger partial charge on any atom is 4.00 e. The van der Waals surface area contributed by atoms with Crippen molar-refractivity contribution in [1.29, 1.82) is 0 Å². The average molecular weight is 397 g/mol. The van der Waals surface area contributed by atoms with Crippen molar-refractivity contribution in [3.05, 3.63) is 83.5 Å². The molecular formula is C21H25SiZr. The molecule has 0 aromatic heterocycles. The Morgan fingerprint density at radius 1 is 1.04 bits per heavy atom. The van der Waals surface area contributed by atoms with E-state index in [0.29, 0.717) is 0 Å². The van der Waals surface area contributed by atoms with E-state index in [0.717, 1.165) is 22.4 Å². The van der Waals surface area contributed by atoms with E-state index in [9.17, 15) is 0 Å². The van der Waals surface area contributed by atoms with Crippen LogP contribution in [0.5, 0.6) is 0 Å². The summed E-state index contributed by atoms with van der Waals surface area (Å²) in [6.45, 7) is 6.48. The zero-order valence-electron chi connectivity index (χ0n) is 16.2. The largest absolute Gasteiger partial charge is 4.00 e. The summed E-state index contributed by atoms with van der Waals surface area (Å²) >= 11 is 0. The molecule has 0 bridgehead atoms. The van der Waals surface area contributed by atoms with Gasteiger partial charge in [0.05, 0.1) is 0 Å². The molecule has 2 aliphatic carbocycles. The minimum atomic E-state index is 0. The topological polar surface area (TPSA) is 0 Å². The molecule has 2 aliphatic rings. The predicted molar refractivity (Wildman–Crippen MR) is 101 cm³/mol. The summed E-state index contributed by atoms with van der Waals surface area (Å²) in [5, 5.41) is 0. The van der Waals surface area contributed by atoms with Crippen molar-refractivity contribution in [2.45, 2.75) is 32.9 Å². The summed E-state index contributed by atoms with van der Waals surface area (Å²) in [5.41, 5.74) is 6.78. The Balaban J connectivity index is 0. The van der Waals surface area contributed by atoms with Crippen molar-refractivity contribution >= 4 is 9.52 Å². The second-order valence-corrected chi connectivity index (χ2v) is 6.59. The van der Waals surface area contributed by atoms with Crippen molar-refractivity contribution in [2.24, 2.45) is 0 Å². The quantitative estimate of drug-likeness (QED) is 0.348. The van der Waals surface area contributed by atoms with Gasteiger partial charge in [0.2, 0.25) is 0 Å². The first-order valence-electron chi connectivity index (χ1n) is 7.82. The first-order valence-corrected chi connectivity index (χ1v) is 10.1. The number of hydrogen-bond acceptors (Lipinski definition) is 0. The van der Waals surface area contributed by atoms with Crippen LogP contribution in [0.25, 0.3) is 11.1 Å². The SMILES string of the molecule is CC1=[C-]CC=C1.C[SiH]C.[H-].[H-].[Zr+4].[c-]1cccc2c1Cc1ccccc1-2. The molecule has 0 fully saturated rings. The normalized spacial score (nSPS) is 12.6. The molecule has 0 amide bonds. The third kappa shape index (κ3) is 5.86. The zero-order chi connectivity index (χ0) is 15.8. The monoisotopic (exact) mass is 395 g/mol. The summed E-state index contributed by atoms with van der Waals surface area (Å²) in [7, 11) is 0.750. The van der Waals surface area contributed by atoms with Crippen LogP contribution in [-0.4, -0.2) is 9.52 Å². The molecule has 0 heterocycles. The molecule has 2 heteroatoms. The summed E-state index contributed by atoms with van der Waals surface area (Å²) < 4.78 is 0. The van der Waals surface area contributed by atoms with Crippen molar-refractivity contribution in [1.82, 2.24) is 0 Å². The van der Waals surface area contributed by atoms with Crippen molar-refractivity contribution < 1.29 is 29.1 Å². The summed E-state index contributed by atoms with van der Waals surface area (Å²) in [4.78, 5) is 0. The van der Waals surface area contributed by atoms with Crippen LogP contribution in [0.1, 0.15) is 27.3 Å². The second kappa shape index (κ2) is 10.7. The van der Waals surface area contributed by atoms with Crippen LogP contribution < -0.4 is 0 Å². The van der Waals surface area contributed by atoms with Crippen molar-refractivity contribution in [3.63, 3.8) is 0 Å². The number of benzene rings is 2. The molecule has 23 heavy (non-hydrogen) atoms. The molecule has 0 spiro atoms. The molecule has 1 radical (unpaired) electrons. The van der Waals surface area contributed by atoms with E-state index in [1.165, 1.54) is 27.8 Å². The van der Waals surface area contributed by atoms with Gasteiger partial charge in [-0.05, 0) is 6.42 Å². The Morgan fingerprint density at radius 2 is 1.74 bits per heavy atom. The summed E-state index contributed by atoms with van der Waals surface area (Å²) in [5.74, 6) is 0. The first-order chi connectivity index (χ1) is 10.8. The standard InChI is InChI=1S/C13H9.C6H7.C2H7Si.Zr.2H/c1-3-7-12-10(5-1)9-11-6-2-4-8-13(11)12;1-6-4-2-3-5-6;1-3-2;;;/h1-5,7-8H,9H2;2,4H,3H2,1H3;3H,1-2H3;;;/q2*-1;;+4;2*-1. The average Bonchev–Trinajstić information content (AvgIpc) is 3.15. The van der Waals surface area contributed by atoms with E-state index < -0.39 is 0 Å². The van der Waals surface area contributed by atoms with Gasteiger partial charge < -0.3 is 2.85 Å². The fraction of sp³-hybridized carbons (Fsp3) is 0.238. The number of fused-ring (bicyclic) bond motifs is 3. The van der Waals surface area contributed by atoms with Crippen LogP contribution in [0.15, 0.2) is 60.2 Å². The van der Waals surface area contributed by atoms with E-state index in [4.69, 9.17) is 0 Å². The Kier molecular flexibility index (Phi) is 9.36. The van der Waals surface area contributed by atoms with Gasteiger partial charge in [-0.3, -0.25) is 6.08 Å². The second-order valence-electron chi connectivity index (χ2n) is 5.44. The van der Waals surface area contributed by atoms with E-state index in [1.807, 2.05) is 6.07 Å². The number of rotatable bonds is 0. The van der Waals surface area contributed by atoms with Crippen LogP contribution in [-0.2, 0) is 32.6 Å². The van der Waals surface area contributed by atoms with Crippen LogP contribution in [0.4, 0.5) is 0 Å². The molecule has 4 rings (SSSR count). The van der Waals surface area contributed by atoms with E-state index in [2.05, 4.69) is 80.7 Å². The fourth-order valence-electron chi connectivity index (χ4n) is 2.51. The molecule has 2 aromatic rings. The Morgan fingerprint density at radius 3 is 2.35 bits per heavy atom.